The average molecular weight is 313 g/mol. The van der Waals surface area contributed by atoms with Gasteiger partial charge in [0.15, 0.2) is 6.29 Å². The van der Waals surface area contributed by atoms with E-state index >= 15 is 0 Å². The number of carbonyl (C=O) groups is 1. The van der Waals surface area contributed by atoms with Crippen molar-refractivity contribution in [3.8, 4) is 0 Å². The first-order valence-electron chi connectivity index (χ1n) is 8.07. The van der Waals surface area contributed by atoms with E-state index < -0.39 is 5.63 Å². The molecule has 0 aliphatic rings. The van der Waals surface area contributed by atoms with Crippen LogP contribution in [0.5, 0.6) is 0 Å². The molecule has 1 aromatic heterocycles. The Morgan fingerprint density at radius 1 is 1.26 bits per heavy atom. The fourth-order valence-electron chi connectivity index (χ4n) is 2.87. The Bertz CT molecular complexity index is 757. The quantitative estimate of drug-likeness (QED) is 0.320. The van der Waals surface area contributed by atoms with Gasteiger partial charge in [-0.2, -0.15) is 0 Å². The van der Waals surface area contributed by atoms with Crippen LogP contribution in [0.25, 0.3) is 11.0 Å². The highest BCUT2D eigenvalue weighted by Gasteiger charge is 2.15. The van der Waals surface area contributed by atoms with Gasteiger partial charge in [-0.25, -0.2) is 4.79 Å². The molecule has 0 unspecified atom stereocenters. The van der Waals surface area contributed by atoms with Crippen molar-refractivity contribution in [2.75, 3.05) is 18.0 Å². The van der Waals surface area contributed by atoms with Gasteiger partial charge in [0.05, 0.1) is 0 Å². The van der Waals surface area contributed by atoms with Crippen LogP contribution in [0.15, 0.2) is 40.1 Å². The molecule has 2 rings (SSSR count). The van der Waals surface area contributed by atoms with E-state index in [4.69, 9.17) is 4.42 Å². The first kappa shape index (κ1) is 17.0. The van der Waals surface area contributed by atoms with Crippen LogP contribution < -0.4 is 10.5 Å². The zero-order chi connectivity index (χ0) is 16.8. The minimum absolute atomic E-state index is 0.136. The van der Waals surface area contributed by atoms with Gasteiger partial charge < -0.3 is 9.32 Å². The van der Waals surface area contributed by atoms with Crippen LogP contribution in [0.4, 0.5) is 5.69 Å². The summed E-state index contributed by atoms with van der Waals surface area (Å²) in [4.78, 5) is 25.6. The number of rotatable bonds is 8. The summed E-state index contributed by atoms with van der Waals surface area (Å²) in [6, 6.07) is 5.85. The molecule has 0 saturated carbocycles. The van der Waals surface area contributed by atoms with Gasteiger partial charge in [-0.15, -0.1) is 6.58 Å². The topological polar surface area (TPSA) is 50.5 Å². The molecule has 0 N–H and O–H groups in total. The Balaban J connectivity index is 2.59. The molecule has 0 aliphatic heterocycles. The normalized spacial score (nSPS) is 10.7. The molecule has 2 aromatic rings. The molecule has 4 nitrogen and oxygen atoms in total. The Morgan fingerprint density at radius 2 is 2.00 bits per heavy atom. The molecule has 0 atom stereocenters. The number of fused-ring (bicyclic) bond motifs is 1. The largest absolute Gasteiger partial charge is 0.422 e. The molecule has 122 valence electrons. The number of aldehydes is 1. The molecule has 23 heavy (non-hydrogen) atoms. The van der Waals surface area contributed by atoms with Gasteiger partial charge in [0.25, 0.3) is 0 Å². The van der Waals surface area contributed by atoms with E-state index in [2.05, 4.69) is 25.3 Å². The van der Waals surface area contributed by atoms with E-state index in [1.54, 1.807) is 0 Å². The Hall–Kier alpha value is -2.36. The number of hydrogen-bond acceptors (Lipinski definition) is 4. The lowest BCUT2D eigenvalue weighted by atomic mass is 9.99. The Labute approximate surface area is 136 Å². The van der Waals surface area contributed by atoms with Gasteiger partial charge in [-0.1, -0.05) is 6.08 Å². The molecule has 0 aliphatic carbocycles. The van der Waals surface area contributed by atoms with Crippen LogP contribution in [0, 0.1) is 0 Å². The van der Waals surface area contributed by atoms with Gasteiger partial charge in [0.1, 0.15) is 11.1 Å². The Morgan fingerprint density at radius 3 is 2.61 bits per heavy atom. The van der Waals surface area contributed by atoms with Crippen LogP contribution in [-0.2, 0) is 6.42 Å². The molecule has 0 saturated heterocycles. The number of nitrogens with zero attached hydrogens (tertiary/aromatic N) is 1. The van der Waals surface area contributed by atoms with Crippen LogP contribution in [0.2, 0.25) is 0 Å². The van der Waals surface area contributed by atoms with Crippen molar-refractivity contribution in [2.45, 2.75) is 33.1 Å². The van der Waals surface area contributed by atoms with E-state index in [1.807, 2.05) is 24.3 Å². The van der Waals surface area contributed by atoms with E-state index in [9.17, 15) is 9.59 Å². The summed E-state index contributed by atoms with van der Waals surface area (Å²) in [5.74, 6) is 0. The predicted octanol–water partition coefficient (Wildman–Crippen LogP) is 3.96. The molecule has 0 amide bonds. The Kier molecular flexibility index (Phi) is 5.74. The summed E-state index contributed by atoms with van der Waals surface area (Å²) in [7, 11) is 0. The summed E-state index contributed by atoms with van der Waals surface area (Å²) in [5, 5.41) is 0.840. The number of aryl methyl sites for hydroxylation is 1. The molecule has 1 heterocycles. The van der Waals surface area contributed by atoms with Crippen molar-refractivity contribution in [1.29, 1.82) is 0 Å². The highest BCUT2D eigenvalue weighted by molar-refractivity contribution is 5.90. The standard InChI is InChI=1S/C19H23NO3/c1-4-7-8-9-15-16-11-10-14(20(5-2)6-3)12-18(16)23-19(22)17(15)13-21/h4,10-13H,1,5-9H2,2-3H3. The average Bonchev–Trinajstić information content (AvgIpc) is 2.55. The lowest BCUT2D eigenvalue weighted by molar-refractivity contribution is 0.111. The smallest absolute Gasteiger partial charge is 0.347 e. The number of hydrogen-bond donors (Lipinski definition) is 0. The third-order valence-corrected chi connectivity index (χ3v) is 4.12. The van der Waals surface area contributed by atoms with Crippen molar-refractivity contribution in [3.63, 3.8) is 0 Å². The summed E-state index contributed by atoms with van der Waals surface area (Å²) >= 11 is 0. The van der Waals surface area contributed by atoms with Crippen molar-refractivity contribution in [3.05, 3.63) is 52.4 Å². The number of anilines is 1. The fourth-order valence-corrected chi connectivity index (χ4v) is 2.87. The predicted molar refractivity (Wildman–Crippen MR) is 94.6 cm³/mol. The van der Waals surface area contributed by atoms with Gasteiger partial charge in [0.2, 0.25) is 0 Å². The maximum atomic E-state index is 12.1. The summed E-state index contributed by atoms with van der Waals surface area (Å²) in [6.07, 6.45) is 4.80. The van der Waals surface area contributed by atoms with Gasteiger partial charge >= 0.3 is 5.63 Å². The molecule has 0 radical (unpaired) electrons. The minimum Gasteiger partial charge on any atom is -0.422 e. The number of allylic oxidation sites excluding steroid dienone is 1. The van der Waals surface area contributed by atoms with E-state index in [-0.39, 0.29) is 5.56 Å². The van der Waals surface area contributed by atoms with Crippen LogP contribution in [-0.4, -0.2) is 19.4 Å². The van der Waals surface area contributed by atoms with Crippen LogP contribution in [0.3, 0.4) is 0 Å². The highest BCUT2D eigenvalue weighted by Crippen LogP contribution is 2.26. The van der Waals surface area contributed by atoms with Crippen molar-refractivity contribution >= 4 is 22.9 Å². The maximum Gasteiger partial charge on any atom is 0.347 e. The maximum absolute atomic E-state index is 12.1. The molecular formula is C19H23NO3. The minimum atomic E-state index is -0.558. The molecule has 1 aromatic carbocycles. The molecule has 4 heteroatoms. The lowest BCUT2D eigenvalue weighted by Crippen LogP contribution is -2.21. The monoisotopic (exact) mass is 313 g/mol. The number of unbranched alkanes of at least 4 members (excludes halogenated alkanes) is 1. The SMILES string of the molecule is C=CCCCc1c(C=O)c(=O)oc2cc(N(CC)CC)ccc12. The van der Waals surface area contributed by atoms with E-state index in [1.165, 1.54) is 0 Å². The molecular weight excluding hydrogens is 290 g/mol. The zero-order valence-corrected chi connectivity index (χ0v) is 13.8. The molecule has 0 bridgehead atoms. The van der Waals surface area contributed by atoms with Gasteiger partial charge in [-0.05, 0) is 50.8 Å². The first-order valence-corrected chi connectivity index (χ1v) is 8.07. The number of carbonyl (C=O) groups excluding carboxylic acids is 1. The van der Waals surface area contributed by atoms with Crippen LogP contribution >= 0.6 is 0 Å². The van der Waals surface area contributed by atoms with E-state index in [0.717, 1.165) is 42.6 Å². The first-order chi connectivity index (χ1) is 11.2. The van der Waals surface area contributed by atoms with Crippen LogP contribution in [0.1, 0.15) is 42.6 Å². The molecule has 0 spiro atoms. The summed E-state index contributed by atoms with van der Waals surface area (Å²) in [5.41, 5.74) is 1.91. The van der Waals surface area contributed by atoms with Gasteiger partial charge in [0, 0.05) is 30.2 Å². The highest BCUT2D eigenvalue weighted by atomic mass is 16.4. The molecule has 0 fully saturated rings. The van der Waals surface area contributed by atoms with Crippen molar-refractivity contribution in [2.24, 2.45) is 0 Å². The second-order valence-electron chi connectivity index (χ2n) is 5.43. The second-order valence-corrected chi connectivity index (χ2v) is 5.43. The van der Waals surface area contributed by atoms with E-state index in [0.29, 0.717) is 18.3 Å². The third kappa shape index (κ3) is 3.52. The summed E-state index contributed by atoms with van der Waals surface area (Å²) in [6.45, 7) is 9.64. The third-order valence-electron chi connectivity index (χ3n) is 4.12. The number of benzene rings is 1. The lowest BCUT2D eigenvalue weighted by Gasteiger charge is -2.21. The van der Waals surface area contributed by atoms with Crippen molar-refractivity contribution in [1.82, 2.24) is 0 Å². The van der Waals surface area contributed by atoms with Gasteiger partial charge in [-0.3, -0.25) is 4.79 Å². The summed E-state index contributed by atoms with van der Waals surface area (Å²) < 4.78 is 5.38. The van der Waals surface area contributed by atoms with Crippen molar-refractivity contribution < 1.29 is 9.21 Å². The second kappa shape index (κ2) is 7.77. The fraction of sp³-hybridized carbons (Fsp3) is 0.368. The zero-order valence-electron chi connectivity index (χ0n) is 13.8.